The van der Waals surface area contributed by atoms with Gasteiger partial charge in [-0.2, -0.15) is 4.39 Å². The lowest BCUT2D eigenvalue weighted by molar-refractivity contribution is 0.112. The van der Waals surface area contributed by atoms with E-state index in [0.29, 0.717) is 17.2 Å². The zero-order chi connectivity index (χ0) is 8.55. The summed E-state index contributed by atoms with van der Waals surface area (Å²) >= 11 is 0. The van der Waals surface area contributed by atoms with Crippen LogP contribution in [0.5, 0.6) is 0 Å². The molecule has 0 atom stereocenters. The first-order chi connectivity index (χ1) is 5.83. The zero-order valence-electron chi connectivity index (χ0n) is 6.04. The van der Waals surface area contributed by atoms with Crippen LogP contribution in [0.4, 0.5) is 4.39 Å². The number of halogens is 1. The summed E-state index contributed by atoms with van der Waals surface area (Å²) in [6, 6.07) is 1.60. The largest absolute Gasteiger partial charge is 0.357 e. The van der Waals surface area contributed by atoms with Gasteiger partial charge in [0.15, 0.2) is 6.29 Å². The lowest BCUT2D eigenvalue weighted by atomic mass is 10.2. The lowest BCUT2D eigenvalue weighted by Crippen LogP contribution is -1.82. The highest BCUT2D eigenvalue weighted by molar-refractivity contribution is 5.96. The van der Waals surface area contributed by atoms with Gasteiger partial charge in [-0.3, -0.25) is 4.79 Å². The summed E-state index contributed by atoms with van der Waals surface area (Å²) in [5.74, 6) is -0.583. The van der Waals surface area contributed by atoms with Crippen LogP contribution in [0.15, 0.2) is 18.5 Å². The second-order valence-electron chi connectivity index (χ2n) is 2.39. The van der Waals surface area contributed by atoms with E-state index in [0.717, 1.165) is 0 Å². The van der Waals surface area contributed by atoms with E-state index < -0.39 is 5.95 Å². The number of hydrogen-bond donors (Lipinski definition) is 1. The smallest absolute Gasteiger partial charge is 0.237 e. The Morgan fingerprint density at radius 1 is 1.58 bits per heavy atom. The fraction of sp³-hybridized carbons (Fsp3) is 0. The molecule has 2 heterocycles. The van der Waals surface area contributed by atoms with Crippen LogP contribution in [0.1, 0.15) is 10.4 Å². The van der Waals surface area contributed by atoms with Crippen LogP contribution in [0, 0.1) is 5.95 Å². The Morgan fingerprint density at radius 2 is 2.42 bits per heavy atom. The zero-order valence-corrected chi connectivity index (χ0v) is 6.04. The minimum absolute atomic E-state index is 0.277. The maximum atomic E-state index is 12.9. The van der Waals surface area contributed by atoms with E-state index in [1.165, 1.54) is 12.4 Å². The molecule has 0 aliphatic heterocycles. The number of fused-ring (bicyclic) bond motifs is 1. The van der Waals surface area contributed by atoms with Gasteiger partial charge in [0.25, 0.3) is 0 Å². The number of rotatable bonds is 1. The lowest BCUT2D eigenvalue weighted by Gasteiger charge is -1.89. The van der Waals surface area contributed by atoms with Crippen LogP contribution in [-0.4, -0.2) is 16.3 Å². The number of aromatic nitrogens is 2. The summed E-state index contributed by atoms with van der Waals surface area (Å²) in [5.41, 5.74) is 0.728. The first-order valence-corrected chi connectivity index (χ1v) is 3.39. The van der Waals surface area contributed by atoms with Crippen molar-refractivity contribution in [3.05, 3.63) is 30.0 Å². The van der Waals surface area contributed by atoms with Crippen molar-refractivity contribution in [3.8, 4) is 0 Å². The molecule has 0 radical (unpaired) electrons. The third-order valence-corrected chi connectivity index (χ3v) is 1.71. The van der Waals surface area contributed by atoms with Gasteiger partial charge in [0, 0.05) is 23.3 Å². The van der Waals surface area contributed by atoms with Crippen LogP contribution < -0.4 is 0 Å². The number of H-pyrrole nitrogens is 1. The minimum Gasteiger partial charge on any atom is -0.357 e. The van der Waals surface area contributed by atoms with E-state index in [-0.39, 0.29) is 5.52 Å². The molecular weight excluding hydrogens is 159 g/mol. The topological polar surface area (TPSA) is 45.8 Å². The molecule has 12 heavy (non-hydrogen) atoms. The minimum atomic E-state index is -0.583. The van der Waals surface area contributed by atoms with E-state index in [9.17, 15) is 9.18 Å². The molecule has 3 nitrogen and oxygen atoms in total. The number of nitrogens with one attached hydrogen (secondary N) is 1. The molecule has 0 aliphatic rings. The highest BCUT2D eigenvalue weighted by Gasteiger charge is 2.06. The second kappa shape index (κ2) is 2.41. The number of pyridine rings is 1. The molecule has 0 aliphatic carbocycles. The van der Waals surface area contributed by atoms with Gasteiger partial charge in [-0.05, 0) is 6.07 Å². The molecule has 0 saturated carbocycles. The van der Waals surface area contributed by atoms with Crippen molar-refractivity contribution in [2.75, 3.05) is 0 Å². The first-order valence-electron chi connectivity index (χ1n) is 3.39. The first kappa shape index (κ1) is 6.97. The van der Waals surface area contributed by atoms with Crippen molar-refractivity contribution < 1.29 is 9.18 Å². The fourth-order valence-electron chi connectivity index (χ4n) is 1.14. The molecular formula is C8H5FN2O. The Morgan fingerprint density at radius 3 is 3.17 bits per heavy atom. The summed E-state index contributed by atoms with van der Waals surface area (Å²) in [6.45, 7) is 0. The van der Waals surface area contributed by atoms with Gasteiger partial charge in [0.05, 0.1) is 0 Å². The van der Waals surface area contributed by atoms with Crippen molar-refractivity contribution in [3.63, 3.8) is 0 Å². The van der Waals surface area contributed by atoms with Crippen LogP contribution in [-0.2, 0) is 0 Å². The summed E-state index contributed by atoms with van der Waals surface area (Å²) in [6.07, 6.45) is 3.47. The van der Waals surface area contributed by atoms with Crippen molar-refractivity contribution in [2.24, 2.45) is 0 Å². The highest BCUT2D eigenvalue weighted by atomic mass is 19.1. The fourth-order valence-corrected chi connectivity index (χ4v) is 1.14. The van der Waals surface area contributed by atoms with Gasteiger partial charge < -0.3 is 4.98 Å². The Bertz CT molecular complexity index is 436. The molecule has 0 fully saturated rings. The van der Waals surface area contributed by atoms with Crippen molar-refractivity contribution in [1.29, 1.82) is 0 Å². The highest BCUT2D eigenvalue weighted by Crippen LogP contribution is 2.17. The molecule has 0 saturated heterocycles. The van der Waals surface area contributed by atoms with Crippen molar-refractivity contribution in [2.45, 2.75) is 0 Å². The van der Waals surface area contributed by atoms with Gasteiger partial charge in [0.2, 0.25) is 5.95 Å². The van der Waals surface area contributed by atoms with E-state index in [2.05, 4.69) is 9.97 Å². The van der Waals surface area contributed by atoms with E-state index >= 15 is 0 Å². The maximum Gasteiger partial charge on any atom is 0.237 e. The van der Waals surface area contributed by atoms with Crippen LogP contribution in [0.3, 0.4) is 0 Å². The molecule has 0 amide bonds. The maximum absolute atomic E-state index is 12.9. The van der Waals surface area contributed by atoms with Crippen LogP contribution >= 0.6 is 0 Å². The molecule has 0 unspecified atom stereocenters. The Labute approximate surface area is 67.2 Å². The van der Waals surface area contributed by atoms with Gasteiger partial charge in [-0.15, -0.1) is 0 Å². The van der Waals surface area contributed by atoms with Gasteiger partial charge in [-0.1, -0.05) is 0 Å². The van der Waals surface area contributed by atoms with Gasteiger partial charge in [0.1, 0.15) is 5.52 Å². The number of nitrogens with zero attached hydrogens (tertiary/aromatic N) is 1. The molecule has 2 aromatic heterocycles. The number of hydrogen-bond acceptors (Lipinski definition) is 2. The number of aromatic amines is 1. The van der Waals surface area contributed by atoms with Crippen molar-refractivity contribution in [1.82, 2.24) is 9.97 Å². The molecule has 2 aromatic rings. The van der Waals surface area contributed by atoms with Crippen molar-refractivity contribution >= 4 is 17.2 Å². The number of carbonyl (C=O) groups is 1. The summed E-state index contributed by atoms with van der Waals surface area (Å²) < 4.78 is 12.9. The Kier molecular flexibility index (Phi) is 1.40. The Balaban J connectivity index is 2.88. The monoisotopic (exact) mass is 164 g/mol. The summed E-state index contributed by atoms with van der Waals surface area (Å²) in [4.78, 5) is 16.5. The SMILES string of the molecule is O=Cc1c[nH]c2c(F)nccc12. The third-order valence-electron chi connectivity index (χ3n) is 1.71. The molecule has 2 rings (SSSR count). The van der Waals surface area contributed by atoms with Gasteiger partial charge in [-0.25, -0.2) is 4.98 Å². The standard InChI is InChI=1S/C8H5FN2O/c9-8-7-6(1-2-10-8)5(4-12)3-11-7/h1-4,11H. The average Bonchev–Trinajstić information content (AvgIpc) is 2.49. The van der Waals surface area contributed by atoms with Crippen LogP contribution in [0.25, 0.3) is 10.9 Å². The second-order valence-corrected chi connectivity index (χ2v) is 2.39. The average molecular weight is 164 g/mol. The predicted octanol–water partition coefficient (Wildman–Crippen LogP) is 1.51. The molecule has 1 N–H and O–H groups in total. The van der Waals surface area contributed by atoms with E-state index in [1.54, 1.807) is 6.07 Å². The molecule has 0 aromatic carbocycles. The third kappa shape index (κ3) is 0.812. The van der Waals surface area contributed by atoms with E-state index in [4.69, 9.17) is 0 Å². The molecule has 4 heteroatoms. The normalized spacial score (nSPS) is 10.4. The quantitative estimate of drug-likeness (QED) is 0.513. The van der Waals surface area contributed by atoms with Crippen LogP contribution in [0.2, 0.25) is 0 Å². The Hall–Kier alpha value is -1.71. The predicted molar refractivity (Wildman–Crippen MR) is 41.4 cm³/mol. The number of aldehydes is 1. The summed E-state index contributed by atoms with van der Waals surface area (Å²) in [7, 11) is 0. The summed E-state index contributed by atoms with van der Waals surface area (Å²) in [5, 5.41) is 0.567. The van der Waals surface area contributed by atoms with Gasteiger partial charge >= 0.3 is 0 Å². The van der Waals surface area contributed by atoms with E-state index in [1.807, 2.05) is 0 Å². The molecule has 60 valence electrons. The molecule has 0 spiro atoms. The molecule has 0 bridgehead atoms. The number of carbonyl (C=O) groups excluding carboxylic acids is 1.